The number of nitrogens with zero attached hydrogens (tertiary/aromatic N) is 2. The van der Waals surface area contributed by atoms with Crippen LogP contribution in [0.3, 0.4) is 0 Å². The summed E-state index contributed by atoms with van der Waals surface area (Å²) in [6, 6.07) is 5.45. The zero-order valence-electron chi connectivity index (χ0n) is 9.27. The van der Waals surface area contributed by atoms with Gasteiger partial charge >= 0.3 is 0 Å². The lowest BCUT2D eigenvalue weighted by molar-refractivity contribution is 0.442. The van der Waals surface area contributed by atoms with Crippen LogP contribution in [0.5, 0.6) is 11.8 Å². The van der Waals surface area contributed by atoms with Crippen molar-refractivity contribution in [3.8, 4) is 11.8 Å². The predicted molar refractivity (Wildman–Crippen MR) is 60.2 cm³/mol. The second kappa shape index (κ2) is 4.32. The normalized spacial score (nSPS) is 12.4. The Balaban J connectivity index is 2.18. The third-order valence-corrected chi connectivity index (χ3v) is 2.18. The number of H-pyrrole nitrogens is 1. The van der Waals surface area contributed by atoms with Crippen LogP contribution in [0.1, 0.15) is 24.2 Å². The average molecular weight is 218 g/mol. The molecule has 3 N–H and O–H groups in total. The first-order chi connectivity index (χ1) is 7.65. The quantitative estimate of drug-likeness (QED) is 0.825. The Bertz CT molecular complexity index is 478. The highest BCUT2D eigenvalue weighted by molar-refractivity contribution is 5.26. The molecule has 16 heavy (non-hydrogen) atoms. The van der Waals surface area contributed by atoms with E-state index in [0.717, 1.165) is 11.3 Å². The number of ether oxygens (including phenoxy) is 1. The number of aromatic nitrogens is 3. The molecule has 2 aromatic heterocycles. The van der Waals surface area contributed by atoms with E-state index in [2.05, 4.69) is 15.2 Å². The lowest BCUT2D eigenvalue weighted by Gasteiger charge is -2.06. The molecule has 0 aliphatic carbocycles. The molecular formula is C11H14N4O. The molecule has 0 fully saturated rings. The SMILES string of the molecule is Cc1cc(Oc2cc(C(C)N)ccn2)n[nH]1. The van der Waals surface area contributed by atoms with Gasteiger partial charge in [-0.3, -0.25) is 5.10 Å². The van der Waals surface area contributed by atoms with Gasteiger partial charge in [-0.15, -0.1) is 5.10 Å². The van der Waals surface area contributed by atoms with Crippen molar-refractivity contribution >= 4 is 0 Å². The number of aryl methyl sites for hydroxylation is 1. The van der Waals surface area contributed by atoms with Gasteiger partial charge in [0.2, 0.25) is 11.8 Å². The molecule has 0 aliphatic heterocycles. The first kappa shape index (κ1) is 10.6. The van der Waals surface area contributed by atoms with Crippen molar-refractivity contribution in [1.29, 1.82) is 0 Å². The van der Waals surface area contributed by atoms with E-state index < -0.39 is 0 Å². The Morgan fingerprint density at radius 2 is 2.19 bits per heavy atom. The first-order valence-corrected chi connectivity index (χ1v) is 5.06. The number of nitrogens with two attached hydrogens (primary N) is 1. The molecule has 0 radical (unpaired) electrons. The molecule has 0 aromatic carbocycles. The summed E-state index contributed by atoms with van der Waals surface area (Å²) in [6.45, 7) is 3.82. The van der Waals surface area contributed by atoms with E-state index in [0.29, 0.717) is 11.8 Å². The summed E-state index contributed by atoms with van der Waals surface area (Å²) < 4.78 is 5.48. The van der Waals surface area contributed by atoms with Gasteiger partial charge in [-0.2, -0.15) is 0 Å². The zero-order chi connectivity index (χ0) is 11.5. The third-order valence-electron chi connectivity index (χ3n) is 2.18. The van der Waals surface area contributed by atoms with E-state index in [4.69, 9.17) is 10.5 Å². The largest absolute Gasteiger partial charge is 0.419 e. The molecule has 5 heteroatoms. The minimum Gasteiger partial charge on any atom is -0.419 e. The number of nitrogens with one attached hydrogen (secondary N) is 1. The molecule has 0 aliphatic rings. The Morgan fingerprint density at radius 3 is 2.81 bits per heavy atom. The third kappa shape index (κ3) is 2.38. The molecule has 0 saturated carbocycles. The molecule has 0 spiro atoms. The summed E-state index contributed by atoms with van der Waals surface area (Å²) in [6.07, 6.45) is 1.67. The Hall–Kier alpha value is -1.88. The van der Waals surface area contributed by atoms with Crippen LogP contribution in [-0.4, -0.2) is 15.2 Å². The Labute approximate surface area is 93.7 Å². The smallest absolute Gasteiger partial charge is 0.240 e. The fourth-order valence-corrected chi connectivity index (χ4v) is 1.32. The van der Waals surface area contributed by atoms with Crippen molar-refractivity contribution in [2.24, 2.45) is 5.73 Å². The standard InChI is InChI=1S/C11H14N4O/c1-7-5-11(15-14-7)16-10-6-9(8(2)12)3-4-13-10/h3-6,8H,12H2,1-2H3,(H,14,15). The zero-order valence-corrected chi connectivity index (χ0v) is 9.27. The van der Waals surface area contributed by atoms with Crippen LogP contribution in [0, 0.1) is 6.92 Å². The van der Waals surface area contributed by atoms with E-state index in [-0.39, 0.29) is 6.04 Å². The van der Waals surface area contributed by atoms with Crippen LogP contribution >= 0.6 is 0 Å². The van der Waals surface area contributed by atoms with Crippen molar-refractivity contribution in [3.63, 3.8) is 0 Å². The Kier molecular flexibility index (Phi) is 2.87. The maximum Gasteiger partial charge on any atom is 0.240 e. The van der Waals surface area contributed by atoms with Gasteiger partial charge in [0, 0.05) is 30.1 Å². The summed E-state index contributed by atoms with van der Waals surface area (Å²) in [5.41, 5.74) is 7.70. The maximum absolute atomic E-state index is 5.77. The van der Waals surface area contributed by atoms with Gasteiger partial charge in [-0.1, -0.05) is 0 Å². The average Bonchev–Trinajstić information content (AvgIpc) is 2.64. The van der Waals surface area contributed by atoms with Crippen LogP contribution in [0.2, 0.25) is 0 Å². The van der Waals surface area contributed by atoms with Gasteiger partial charge < -0.3 is 10.5 Å². The van der Waals surface area contributed by atoms with Gasteiger partial charge in [-0.05, 0) is 25.5 Å². The van der Waals surface area contributed by atoms with Gasteiger partial charge in [0.05, 0.1) is 0 Å². The number of pyridine rings is 1. The first-order valence-electron chi connectivity index (χ1n) is 5.06. The van der Waals surface area contributed by atoms with E-state index in [1.807, 2.05) is 26.0 Å². The van der Waals surface area contributed by atoms with E-state index >= 15 is 0 Å². The lowest BCUT2D eigenvalue weighted by Crippen LogP contribution is -2.05. The van der Waals surface area contributed by atoms with Gasteiger partial charge in [0.25, 0.3) is 0 Å². The monoisotopic (exact) mass is 218 g/mol. The van der Waals surface area contributed by atoms with Gasteiger partial charge in [0.1, 0.15) is 0 Å². The lowest BCUT2D eigenvalue weighted by atomic mass is 10.1. The Morgan fingerprint density at radius 1 is 1.38 bits per heavy atom. The summed E-state index contributed by atoms with van der Waals surface area (Å²) in [7, 11) is 0. The molecule has 0 saturated heterocycles. The van der Waals surface area contributed by atoms with Crippen molar-refractivity contribution < 1.29 is 4.74 Å². The van der Waals surface area contributed by atoms with E-state index in [9.17, 15) is 0 Å². The molecule has 0 bridgehead atoms. The predicted octanol–water partition coefficient (Wildman–Crippen LogP) is 1.93. The number of hydrogen-bond donors (Lipinski definition) is 2. The fourth-order valence-electron chi connectivity index (χ4n) is 1.32. The molecule has 1 atom stereocenters. The topological polar surface area (TPSA) is 76.8 Å². The molecule has 84 valence electrons. The highest BCUT2D eigenvalue weighted by Crippen LogP contribution is 2.20. The molecule has 5 nitrogen and oxygen atoms in total. The van der Waals surface area contributed by atoms with E-state index in [1.165, 1.54) is 0 Å². The van der Waals surface area contributed by atoms with Crippen molar-refractivity contribution in [2.75, 3.05) is 0 Å². The minimum absolute atomic E-state index is 0.0359. The number of hydrogen-bond acceptors (Lipinski definition) is 4. The second-order valence-corrected chi connectivity index (χ2v) is 3.71. The maximum atomic E-state index is 5.77. The van der Waals surface area contributed by atoms with Crippen LogP contribution in [0.15, 0.2) is 24.4 Å². The van der Waals surface area contributed by atoms with E-state index in [1.54, 1.807) is 12.3 Å². The van der Waals surface area contributed by atoms with Crippen molar-refractivity contribution in [3.05, 3.63) is 35.7 Å². The van der Waals surface area contributed by atoms with Crippen molar-refractivity contribution in [1.82, 2.24) is 15.2 Å². The molecule has 2 aromatic rings. The van der Waals surface area contributed by atoms with Crippen molar-refractivity contribution in [2.45, 2.75) is 19.9 Å². The summed E-state index contributed by atoms with van der Waals surface area (Å²) in [5.74, 6) is 1.01. The van der Waals surface area contributed by atoms with Crippen LogP contribution in [-0.2, 0) is 0 Å². The minimum atomic E-state index is -0.0359. The molecule has 2 rings (SSSR count). The van der Waals surface area contributed by atoms with Gasteiger partial charge in [-0.25, -0.2) is 4.98 Å². The second-order valence-electron chi connectivity index (χ2n) is 3.71. The summed E-state index contributed by atoms with van der Waals surface area (Å²) >= 11 is 0. The molecule has 0 amide bonds. The molecule has 2 heterocycles. The van der Waals surface area contributed by atoms with Crippen LogP contribution in [0.4, 0.5) is 0 Å². The molecular weight excluding hydrogens is 204 g/mol. The fraction of sp³-hybridized carbons (Fsp3) is 0.273. The van der Waals surface area contributed by atoms with Crippen LogP contribution in [0.25, 0.3) is 0 Å². The number of aromatic amines is 1. The summed E-state index contributed by atoms with van der Waals surface area (Å²) in [4.78, 5) is 4.09. The highest BCUT2D eigenvalue weighted by Gasteiger charge is 2.05. The van der Waals surface area contributed by atoms with Crippen LogP contribution < -0.4 is 10.5 Å². The summed E-state index contributed by atoms with van der Waals surface area (Å²) in [5, 5.41) is 6.77. The van der Waals surface area contributed by atoms with Gasteiger partial charge in [0.15, 0.2) is 0 Å². The number of rotatable bonds is 3. The molecule has 1 unspecified atom stereocenters. The highest BCUT2D eigenvalue weighted by atomic mass is 16.5.